The molecule has 3 fully saturated rings. The van der Waals surface area contributed by atoms with E-state index in [9.17, 15) is 4.79 Å². The van der Waals surface area contributed by atoms with Gasteiger partial charge in [-0.3, -0.25) is 4.79 Å². The van der Waals surface area contributed by atoms with Gasteiger partial charge in [0.05, 0.1) is 0 Å². The van der Waals surface area contributed by atoms with Crippen LogP contribution < -0.4 is 4.90 Å². The van der Waals surface area contributed by atoms with Crippen molar-refractivity contribution in [3.05, 3.63) is 36.7 Å². The molecule has 1 amide bonds. The second-order valence-corrected chi connectivity index (χ2v) is 6.92. The number of aryl methyl sites for hydroxylation is 1. The molecule has 0 saturated carbocycles. The monoisotopic (exact) mass is 340 g/mol. The Morgan fingerprint density at radius 3 is 2.76 bits per heavy atom. The fraction of sp³-hybridized carbons (Fsp3) is 0.556. The molecule has 0 spiro atoms. The normalized spacial score (nSPS) is 22.9. The maximum atomic E-state index is 12.9. The number of hydrogen-bond donors (Lipinski definition) is 0. The summed E-state index contributed by atoms with van der Waals surface area (Å²) in [5.74, 6) is 2.42. The summed E-state index contributed by atoms with van der Waals surface area (Å²) in [7, 11) is 0. The standard InChI is InChI=1S/C18H24N6O/c1-2-16-19-8-9-22(16)13-17(25)24-11-14-4-5-15(24)12-23(10-14)18-20-6-3-7-21-18/h3,6-9,14-15H,2,4-5,10-13H2,1H3/t14-,15+/m0/s1. The number of amides is 1. The van der Waals surface area contributed by atoms with Crippen molar-refractivity contribution in [1.29, 1.82) is 0 Å². The Morgan fingerprint density at radius 1 is 1.12 bits per heavy atom. The Labute approximate surface area is 147 Å². The predicted octanol–water partition coefficient (Wildman–Crippen LogP) is 1.36. The Hall–Kier alpha value is -2.44. The number of aromatic nitrogens is 4. The number of fused-ring (bicyclic) bond motifs is 4. The van der Waals surface area contributed by atoms with Crippen LogP contribution in [-0.4, -0.2) is 56.0 Å². The summed E-state index contributed by atoms with van der Waals surface area (Å²) in [5, 5.41) is 0. The highest BCUT2D eigenvalue weighted by Gasteiger charge is 2.37. The predicted molar refractivity (Wildman–Crippen MR) is 94.1 cm³/mol. The van der Waals surface area contributed by atoms with Gasteiger partial charge in [-0.05, 0) is 24.8 Å². The van der Waals surface area contributed by atoms with Crippen LogP contribution >= 0.6 is 0 Å². The van der Waals surface area contributed by atoms with Crippen molar-refractivity contribution in [3.8, 4) is 0 Å². The molecule has 2 aromatic heterocycles. The number of carbonyl (C=O) groups is 1. The molecule has 2 bridgehead atoms. The van der Waals surface area contributed by atoms with Crippen molar-refractivity contribution in [2.75, 3.05) is 24.5 Å². The molecule has 2 atom stereocenters. The van der Waals surface area contributed by atoms with Gasteiger partial charge in [0.15, 0.2) is 0 Å². The average Bonchev–Trinajstić information content (AvgIpc) is 2.89. The lowest BCUT2D eigenvalue weighted by Crippen LogP contribution is -2.48. The maximum absolute atomic E-state index is 12.9. The van der Waals surface area contributed by atoms with Crippen LogP contribution in [0.3, 0.4) is 0 Å². The van der Waals surface area contributed by atoms with E-state index in [0.717, 1.165) is 44.2 Å². The summed E-state index contributed by atoms with van der Waals surface area (Å²) in [4.78, 5) is 30.4. The highest BCUT2D eigenvalue weighted by Crippen LogP contribution is 2.29. The van der Waals surface area contributed by atoms with Crippen LogP contribution in [0.15, 0.2) is 30.9 Å². The topological polar surface area (TPSA) is 67.2 Å². The van der Waals surface area contributed by atoms with Crippen LogP contribution in [0.1, 0.15) is 25.6 Å². The molecular weight excluding hydrogens is 316 g/mol. The van der Waals surface area contributed by atoms with E-state index in [4.69, 9.17) is 0 Å². The molecular formula is C18H24N6O. The van der Waals surface area contributed by atoms with E-state index in [1.165, 1.54) is 6.42 Å². The number of imidazole rings is 1. The van der Waals surface area contributed by atoms with Crippen molar-refractivity contribution < 1.29 is 4.79 Å². The zero-order chi connectivity index (χ0) is 17.2. The zero-order valence-electron chi connectivity index (χ0n) is 14.6. The summed E-state index contributed by atoms with van der Waals surface area (Å²) in [6.07, 6.45) is 10.3. The lowest BCUT2D eigenvalue weighted by Gasteiger charge is -2.36. The van der Waals surface area contributed by atoms with E-state index in [-0.39, 0.29) is 11.9 Å². The van der Waals surface area contributed by atoms with Crippen molar-refractivity contribution >= 4 is 11.9 Å². The summed E-state index contributed by atoms with van der Waals surface area (Å²) < 4.78 is 1.97. The molecule has 3 aliphatic rings. The number of rotatable bonds is 4. The first-order chi connectivity index (χ1) is 12.2. The molecule has 7 nitrogen and oxygen atoms in total. The SMILES string of the molecule is CCc1nccn1CC(=O)N1C[C@H]2CC[C@@H]1CN(c1ncccn1)C2. The molecule has 132 valence electrons. The van der Waals surface area contributed by atoms with Crippen molar-refractivity contribution in [3.63, 3.8) is 0 Å². The molecule has 3 saturated heterocycles. The minimum atomic E-state index is 0.193. The Balaban J connectivity index is 1.49. The van der Waals surface area contributed by atoms with E-state index in [1.54, 1.807) is 18.6 Å². The molecule has 0 aromatic carbocycles. The molecule has 5 heterocycles. The number of carbonyl (C=O) groups excluding carboxylic acids is 1. The van der Waals surface area contributed by atoms with Gasteiger partial charge in [-0.1, -0.05) is 6.92 Å². The van der Waals surface area contributed by atoms with Gasteiger partial charge in [0.2, 0.25) is 11.9 Å². The van der Waals surface area contributed by atoms with Gasteiger partial charge in [-0.25, -0.2) is 15.0 Å². The minimum Gasteiger partial charge on any atom is -0.338 e. The van der Waals surface area contributed by atoms with Crippen LogP contribution in [0.25, 0.3) is 0 Å². The zero-order valence-corrected chi connectivity index (χ0v) is 14.6. The smallest absolute Gasteiger partial charge is 0.242 e. The Bertz CT molecular complexity index is 730. The minimum absolute atomic E-state index is 0.193. The Morgan fingerprint density at radius 2 is 1.96 bits per heavy atom. The number of hydrogen-bond acceptors (Lipinski definition) is 5. The van der Waals surface area contributed by atoms with E-state index in [0.29, 0.717) is 12.5 Å². The van der Waals surface area contributed by atoms with Gasteiger partial charge < -0.3 is 14.4 Å². The first-order valence-corrected chi connectivity index (χ1v) is 9.06. The molecule has 5 rings (SSSR count). The third-order valence-corrected chi connectivity index (χ3v) is 5.29. The molecule has 2 aromatic rings. The van der Waals surface area contributed by atoms with Gasteiger partial charge >= 0.3 is 0 Å². The molecule has 0 unspecified atom stereocenters. The number of nitrogens with zero attached hydrogens (tertiary/aromatic N) is 6. The number of piperidine rings is 1. The van der Waals surface area contributed by atoms with Gasteiger partial charge in [-0.2, -0.15) is 0 Å². The van der Waals surface area contributed by atoms with Crippen LogP contribution in [0, 0.1) is 5.92 Å². The fourth-order valence-electron chi connectivity index (χ4n) is 4.04. The second kappa shape index (κ2) is 6.82. The van der Waals surface area contributed by atoms with E-state index >= 15 is 0 Å². The van der Waals surface area contributed by atoms with E-state index in [2.05, 4.69) is 31.7 Å². The second-order valence-electron chi connectivity index (χ2n) is 6.92. The molecule has 0 N–H and O–H groups in total. The van der Waals surface area contributed by atoms with Gasteiger partial charge in [0.25, 0.3) is 0 Å². The molecule has 0 radical (unpaired) electrons. The lowest BCUT2D eigenvalue weighted by molar-refractivity contribution is -0.135. The van der Waals surface area contributed by atoms with Crippen molar-refractivity contribution in [2.45, 2.75) is 38.8 Å². The van der Waals surface area contributed by atoms with Gasteiger partial charge in [0.1, 0.15) is 12.4 Å². The Kier molecular flexibility index (Phi) is 4.38. The van der Waals surface area contributed by atoms with Crippen molar-refractivity contribution in [1.82, 2.24) is 24.4 Å². The van der Waals surface area contributed by atoms with Crippen LogP contribution in [0.4, 0.5) is 5.95 Å². The van der Waals surface area contributed by atoms with Crippen LogP contribution in [0.5, 0.6) is 0 Å². The summed E-state index contributed by atoms with van der Waals surface area (Å²) in [6.45, 7) is 5.03. The highest BCUT2D eigenvalue weighted by atomic mass is 16.2. The van der Waals surface area contributed by atoms with E-state index < -0.39 is 0 Å². The summed E-state index contributed by atoms with van der Waals surface area (Å²) >= 11 is 0. The third kappa shape index (κ3) is 3.23. The molecule has 25 heavy (non-hydrogen) atoms. The highest BCUT2D eigenvalue weighted by molar-refractivity contribution is 5.76. The van der Waals surface area contributed by atoms with Gasteiger partial charge in [-0.15, -0.1) is 0 Å². The van der Waals surface area contributed by atoms with Gasteiger partial charge in [0, 0.05) is 56.9 Å². The first kappa shape index (κ1) is 16.1. The largest absolute Gasteiger partial charge is 0.338 e. The lowest BCUT2D eigenvalue weighted by atomic mass is 9.95. The van der Waals surface area contributed by atoms with Crippen molar-refractivity contribution in [2.24, 2.45) is 5.92 Å². The molecule has 0 aliphatic carbocycles. The van der Waals surface area contributed by atoms with Crippen LogP contribution in [0.2, 0.25) is 0 Å². The maximum Gasteiger partial charge on any atom is 0.242 e. The van der Waals surface area contributed by atoms with Crippen LogP contribution in [-0.2, 0) is 17.8 Å². The first-order valence-electron chi connectivity index (χ1n) is 9.06. The summed E-state index contributed by atoms with van der Waals surface area (Å²) in [5.41, 5.74) is 0. The fourth-order valence-corrected chi connectivity index (χ4v) is 4.04. The van der Waals surface area contributed by atoms with E-state index in [1.807, 2.05) is 16.8 Å². The number of anilines is 1. The quantitative estimate of drug-likeness (QED) is 0.841. The molecule has 3 aliphatic heterocycles. The summed E-state index contributed by atoms with van der Waals surface area (Å²) in [6, 6.07) is 2.08. The average molecular weight is 340 g/mol. The third-order valence-electron chi connectivity index (χ3n) is 5.29. The molecule has 7 heteroatoms.